The van der Waals surface area contributed by atoms with E-state index in [4.69, 9.17) is 4.74 Å². The lowest BCUT2D eigenvalue weighted by Crippen LogP contribution is -2.11. The first-order valence-electron chi connectivity index (χ1n) is 5.13. The third-order valence-electron chi connectivity index (χ3n) is 1.98. The van der Waals surface area contributed by atoms with Crippen molar-refractivity contribution in [2.24, 2.45) is 0 Å². The second-order valence-corrected chi connectivity index (χ2v) is 3.75. The average molecular weight is 224 g/mol. The minimum atomic E-state index is -0.404. The molecular weight excluding hydrogens is 208 g/mol. The molecule has 0 saturated carbocycles. The standard InChI is InChI=1S/C11H16N2O3/c1-8(2)16-11-5-4-10(13(14)15)6-9(11)7-12-3/h4-6,8,12H,7H2,1-3H3. The summed E-state index contributed by atoms with van der Waals surface area (Å²) in [5.41, 5.74) is 0.881. The Balaban J connectivity index is 3.03. The maximum Gasteiger partial charge on any atom is 0.270 e. The number of nitrogens with one attached hydrogen (secondary N) is 1. The van der Waals surface area contributed by atoms with Gasteiger partial charge in [-0.3, -0.25) is 10.1 Å². The largest absolute Gasteiger partial charge is 0.491 e. The lowest BCUT2D eigenvalue weighted by atomic mass is 10.1. The lowest BCUT2D eigenvalue weighted by molar-refractivity contribution is -0.384. The van der Waals surface area contributed by atoms with E-state index in [0.717, 1.165) is 5.56 Å². The fourth-order valence-corrected chi connectivity index (χ4v) is 1.38. The van der Waals surface area contributed by atoms with Crippen molar-refractivity contribution in [2.45, 2.75) is 26.5 Å². The van der Waals surface area contributed by atoms with Crippen LogP contribution in [0.2, 0.25) is 0 Å². The third-order valence-corrected chi connectivity index (χ3v) is 1.98. The fourth-order valence-electron chi connectivity index (χ4n) is 1.38. The summed E-state index contributed by atoms with van der Waals surface area (Å²) in [4.78, 5) is 10.2. The van der Waals surface area contributed by atoms with Crippen molar-refractivity contribution in [1.82, 2.24) is 5.32 Å². The molecule has 0 bridgehead atoms. The minimum absolute atomic E-state index is 0.0528. The molecule has 0 aromatic heterocycles. The highest BCUT2D eigenvalue weighted by atomic mass is 16.6. The molecule has 0 spiro atoms. The Morgan fingerprint density at radius 1 is 1.50 bits per heavy atom. The summed E-state index contributed by atoms with van der Waals surface area (Å²) in [5, 5.41) is 13.6. The minimum Gasteiger partial charge on any atom is -0.491 e. The first-order chi connectivity index (χ1) is 7.54. The van der Waals surface area contributed by atoms with E-state index in [0.29, 0.717) is 12.3 Å². The molecule has 1 aromatic carbocycles. The number of non-ortho nitro benzene ring substituents is 1. The number of nitro benzene ring substituents is 1. The van der Waals surface area contributed by atoms with E-state index in [2.05, 4.69) is 5.32 Å². The smallest absolute Gasteiger partial charge is 0.270 e. The SMILES string of the molecule is CNCc1cc([N+](=O)[O-])ccc1OC(C)C. The topological polar surface area (TPSA) is 64.4 Å². The van der Waals surface area contributed by atoms with E-state index in [1.54, 1.807) is 13.1 Å². The van der Waals surface area contributed by atoms with Crippen LogP contribution in [0.15, 0.2) is 18.2 Å². The average Bonchev–Trinajstić information content (AvgIpc) is 2.20. The van der Waals surface area contributed by atoms with Gasteiger partial charge in [-0.05, 0) is 27.0 Å². The summed E-state index contributed by atoms with van der Waals surface area (Å²) in [6.07, 6.45) is 0.0528. The van der Waals surface area contributed by atoms with Gasteiger partial charge in [0.15, 0.2) is 0 Å². The maximum absolute atomic E-state index is 10.6. The summed E-state index contributed by atoms with van der Waals surface area (Å²) < 4.78 is 5.57. The molecule has 0 unspecified atom stereocenters. The van der Waals surface area contributed by atoms with Gasteiger partial charge < -0.3 is 10.1 Å². The van der Waals surface area contributed by atoms with E-state index in [1.165, 1.54) is 12.1 Å². The second-order valence-electron chi connectivity index (χ2n) is 3.75. The van der Waals surface area contributed by atoms with Crippen LogP contribution >= 0.6 is 0 Å². The molecule has 16 heavy (non-hydrogen) atoms. The van der Waals surface area contributed by atoms with Gasteiger partial charge in [-0.1, -0.05) is 0 Å². The summed E-state index contributed by atoms with van der Waals surface area (Å²) in [6, 6.07) is 4.63. The van der Waals surface area contributed by atoms with Crippen LogP contribution in [0.3, 0.4) is 0 Å². The number of rotatable bonds is 5. The van der Waals surface area contributed by atoms with E-state index in [-0.39, 0.29) is 11.8 Å². The van der Waals surface area contributed by atoms with Crippen LogP contribution in [-0.2, 0) is 6.54 Å². The van der Waals surface area contributed by atoms with Crippen LogP contribution in [0.1, 0.15) is 19.4 Å². The Morgan fingerprint density at radius 3 is 2.69 bits per heavy atom. The summed E-state index contributed by atoms with van der Waals surface area (Å²) in [7, 11) is 1.79. The predicted octanol–water partition coefficient (Wildman–Crippen LogP) is 2.10. The van der Waals surface area contributed by atoms with Crippen LogP contribution in [0.5, 0.6) is 5.75 Å². The molecule has 5 nitrogen and oxygen atoms in total. The molecule has 0 aliphatic rings. The number of hydrogen-bond acceptors (Lipinski definition) is 4. The van der Waals surface area contributed by atoms with E-state index < -0.39 is 4.92 Å². The van der Waals surface area contributed by atoms with Gasteiger partial charge in [-0.15, -0.1) is 0 Å². The summed E-state index contributed by atoms with van der Waals surface area (Å²) >= 11 is 0. The van der Waals surface area contributed by atoms with Gasteiger partial charge in [-0.2, -0.15) is 0 Å². The van der Waals surface area contributed by atoms with Gasteiger partial charge >= 0.3 is 0 Å². The number of benzene rings is 1. The molecule has 0 saturated heterocycles. The Labute approximate surface area is 94.6 Å². The fraction of sp³-hybridized carbons (Fsp3) is 0.455. The van der Waals surface area contributed by atoms with Crippen molar-refractivity contribution < 1.29 is 9.66 Å². The molecule has 0 atom stereocenters. The van der Waals surface area contributed by atoms with Crippen molar-refractivity contribution in [3.63, 3.8) is 0 Å². The first kappa shape index (κ1) is 12.4. The number of nitrogens with zero attached hydrogens (tertiary/aromatic N) is 1. The Bertz CT molecular complexity index is 377. The van der Waals surface area contributed by atoms with Gasteiger partial charge in [0.1, 0.15) is 5.75 Å². The van der Waals surface area contributed by atoms with Crippen molar-refractivity contribution in [2.75, 3.05) is 7.05 Å². The molecule has 0 heterocycles. The van der Waals surface area contributed by atoms with Crippen LogP contribution < -0.4 is 10.1 Å². The highest BCUT2D eigenvalue weighted by Crippen LogP contribution is 2.24. The molecule has 0 aliphatic heterocycles. The Morgan fingerprint density at radius 2 is 2.19 bits per heavy atom. The van der Waals surface area contributed by atoms with Crippen molar-refractivity contribution in [1.29, 1.82) is 0 Å². The molecule has 1 aromatic rings. The monoisotopic (exact) mass is 224 g/mol. The van der Waals surface area contributed by atoms with E-state index in [9.17, 15) is 10.1 Å². The molecule has 0 amide bonds. The van der Waals surface area contributed by atoms with Crippen LogP contribution in [0.25, 0.3) is 0 Å². The highest BCUT2D eigenvalue weighted by Gasteiger charge is 2.11. The zero-order chi connectivity index (χ0) is 12.1. The summed E-state index contributed by atoms with van der Waals surface area (Å²) in [6.45, 7) is 4.39. The molecule has 0 aliphatic carbocycles. The molecule has 0 fully saturated rings. The van der Waals surface area contributed by atoms with Crippen molar-refractivity contribution >= 4 is 5.69 Å². The van der Waals surface area contributed by atoms with Crippen molar-refractivity contribution in [3.05, 3.63) is 33.9 Å². The van der Waals surface area contributed by atoms with Gasteiger partial charge in [0.05, 0.1) is 11.0 Å². The van der Waals surface area contributed by atoms with Gasteiger partial charge in [-0.25, -0.2) is 0 Å². The quantitative estimate of drug-likeness (QED) is 0.614. The van der Waals surface area contributed by atoms with Gasteiger partial charge in [0.25, 0.3) is 5.69 Å². The maximum atomic E-state index is 10.6. The van der Waals surface area contributed by atoms with Gasteiger partial charge in [0, 0.05) is 24.2 Å². The number of ether oxygens (including phenoxy) is 1. The van der Waals surface area contributed by atoms with Crippen LogP contribution in [0.4, 0.5) is 5.69 Å². The normalized spacial score (nSPS) is 10.5. The molecule has 1 rings (SSSR count). The van der Waals surface area contributed by atoms with Crippen LogP contribution in [0, 0.1) is 10.1 Å². The zero-order valence-corrected chi connectivity index (χ0v) is 9.69. The molecular formula is C11H16N2O3. The number of nitro groups is 1. The highest BCUT2D eigenvalue weighted by molar-refractivity contribution is 5.43. The molecule has 5 heteroatoms. The van der Waals surface area contributed by atoms with E-state index >= 15 is 0 Å². The summed E-state index contributed by atoms with van der Waals surface area (Å²) in [5.74, 6) is 0.690. The van der Waals surface area contributed by atoms with E-state index in [1.807, 2.05) is 13.8 Å². The number of hydrogen-bond donors (Lipinski definition) is 1. The predicted molar refractivity (Wildman–Crippen MR) is 61.6 cm³/mol. The van der Waals surface area contributed by atoms with Gasteiger partial charge in [0.2, 0.25) is 0 Å². The Hall–Kier alpha value is -1.62. The zero-order valence-electron chi connectivity index (χ0n) is 9.69. The molecule has 0 radical (unpaired) electrons. The molecule has 1 N–H and O–H groups in total. The first-order valence-corrected chi connectivity index (χ1v) is 5.13. The second kappa shape index (κ2) is 5.46. The van der Waals surface area contributed by atoms with Crippen molar-refractivity contribution in [3.8, 4) is 5.75 Å². The lowest BCUT2D eigenvalue weighted by Gasteiger charge is -2.13. The van der Waals surface area contributed by atoms with Crippen LogP contribution in [-0.4, -0.2) is 18.1 Å². The molecule has 88 valence electrons. The Kier molecular flexibility index (Phi) is 4.25. The third kappa shape index (κ3) is 3.20.